The van der Waals surface area contributed by atoms with Gasteiger partial charge in [0.1, 0.15) is 5.69 Å². The first-order valence-corrected chi connectivity index (χ1v) is 6.61. The highest BCUT2D eigenvalue weighted by atomic mass is 35.5. The van der Waals surface area contributed by atoms with E-state index in [9.17, 15) is 10.1 Å². The van der Waals surface area contributed by atoms with Crippen LogP contribution in [0.15, 0.2) is 29.8 Å². The van der Waals surface area contributed by atoms with Crippen LogP contribution in [0, 0.1) is 10.1 Å². The average molecular weight is 282 g/mol. The van der Waals surface area contributed by atoms with E-state index >= 15 is 0 Å². The molecule has 2 rings (SSSR count). The van der Waals surface area contributed by atoms with Gasteiger partial charge in [-0.05, 0) is 25.5 Å². The van der Waals surface area contributed by atoms with E-state index in [4.69, 9.17) is 11.6 Å². The second kappa shape index (κ2) is 6.54. The number of nitro benzene ring substituents is 1. The van der Waals surface area contributed by atoms with Crippen LogP contribution in [-0.2, 0) is 0 Å². The third kappa shape index (κ3) is 3.68. The van der Waals surface area contributed by atoms with Crippen molar-refractivity contribution in [2.45, 2.75) is 12.8 Å². The minimum atomic E-state index is -0.419. The molecule has 102 valence electrons. The molecule has 0 fully saturated rings. The van der Waals surface area contributed by atoms with Crippen LogP contribution in [0.3, 0.4) is 0 Å². The number of nitro groups is 1. The van der Waals surface area contributed by atoms with E-state index in [1.807, 2.05) is 0 Å². The second-order valence-corrected chi connectivity index (χ2v) is 4.79. The number of benzene rings is 1. The Bertz CT molecular complexity index is 503. The van der Waals surface area contributed by atoms with E-state index in [1.165, 1.54) is 11.6 Å². The van der Waals surface area contributed by atoms with Gasteiger partial charge in [0.2, 0.25) is 0 Å². The molecule has 5 nitrogen and oxygen atoms in total. The van der Waals surface area contributed by atoms with E-state index in [2.05, 4.69) is 16.7 Å². The van der Waals surface area contributed by atoms with Crippen LogP contribution in [-0.4, -0.2) is 24.6 Å². The Hall–Kier alpha value is -1.59. The smallest absolute Gasteiger partial charge is 0.293 e. The molecule has 0 radical (unpaired) electrons. The van der Waals surface area contributed by atoms with E-state index in [0.29, 0.717) is 17.3 Å². The predicted octanol–water partition coefficient (Wildman–Crippen LogP) is 2.97. The molecule has 0 saturated heterocycles. The number of rotatable bonds is 5. The van der Waals surface area contributed by atoms with Crippen molar-refractivity contribution in [2.24, 2.45) is 0 Å². The zero-order chi connectivity index (χ0) is 13.7. The number of hydrogen-bond acceptors (Lipinski definition) is 4. The van der Waals surface area contributed by atoms with Crippen LogP contribution >= 0.6 is 11.6 Å². The summed E-state index contributed by atoms with van der Waals surface area (Å²) < 4.78 is 0. The average Bonchev–Trinajstić information content (AvgIpc) is 2.41. The van der Waals surface area contributed by atoms with Crippen molar-refractivity contribution in [3.8, 4) is 0 Å². The Kier molecular flexibility index (Phi) is 4.76. The second-order valence-electron chi connectivity index (χ2n) is 4.38. The topological polar surface area (TPSA) is 67.2 Å². The minimum Gasteiger partial charge on any atom is -0.378 e. The lowest BCUT2D eigenvalue weighted by Crippen LogP contribution is -2.21. The Morgan fingerprint density at radius 3 is 3.00 bits per heavy atom. The highest BCUT2D eigenvalue weighted by molar-refractivity contribution is 6.33. The van der Waals surface area contributed by atoms with Gasteiger partial charge in [0.05, 0.1) is 9.95 Å². The number of nitrogens with zero attached hydrogens (tertiary/aromatic N) is 1. The summed E-state index contributed by atoms with van der Waals surface area (Å²) >= 11 is 6.00. The Balaban J connectivity index is 1.99. The lowest BCUT2D eigenvalue weighted by Gasteiger charge is -2.15. The van der Waals surface area contributed by atoms with Crippen molar-refractivity contribution < 1.29 is 4.92 Å². The van der Waals surface area contributed by atoms with Crippen LogP contribution < -0.4 is 10.6 Å². The molecule has 0 spiro atoms. The Morgan fingerprint density at radius 1 is 1.47 bits per heavy atom. The largest absolute Gasteiger partial charge is 0.378 e. The lowest BCUT2D eigenvalue weighted by atomic mass is 10.1. The summed E-state index contributed by atoms with van der Waals surface area (Å²) in [5.74, 6) is 0. The molecule has 0 aliphatic carbocycles. The summed E-state index contributed by atoms with van der Waals surface area (Å²) in [5.41, 5.74) is 1.80. The van der Waals surface area contributed by atoms with Crippen molar-refractivity contribution in [3.05, 3.63) is 45.0 Å². The molecule has 0 amide bonds. The molecule has 0 unspecified atom stereocenters. The van der Waals surface area contributed by atoms with Crippen LogP contribution in [0.25, 0.3) is 0 Å². The molecule has 2 N–H and O–H groups in total. The number of nitrogens with one attached hydrogen (secondary N) is 2. The molecular formula is C13H16ClN3O2. The maximum atomic E-state index is 10.9. The van der Waals surface area contributed by atoms with Gasteiger partial charge in [-0.1, -0.05) is 29.3 Å². The first-order chi connectivity index (χ1) is 9.18. The standard InChI is InChI=1S/C13H16ClN3O2/c14-11-2-1-3-12(17(18)19)13(11)16-9-6-10-4-7-15-8-5-10/h1-4,15-16H,5-9H2. The summed E-state index contributed by atoms with van der Waals surface area (Å²) in [6.07, 6.45) is 4.09. The summed E-state index contributed by atoms with van der Waals surface area (Å²) in [7, 11) is 0. The molecule has 6 heteroatoms. The summed E-state index contributed by atoms with van der Waals surface area (Å²) in [4.78, 5) is 10.5. The summed E-state index contributed by atoms with van der Waals surface area (Å²) in [5, 5.41) is 17.6. The molecule has 1 aromatic carbocycles. The number of halogens is 1. The van der Waals surface area contributed by atoms with E-state index in [1.54, 1.807) is 12.1 Å². The highest BCUT2D eigenvalue weighted by Crippen LogP contribution is 2.31. The SMILES string of the molecule is O=[N+]([O-])c1cccc(Cl)c1NCCC1=CCNCC1. The maximum absolute atomic E-state index is 10.9. The summed E-state index contributed by atoms with van der Waals surface area (Å²) in [6, 6.07) is 4.69. The first-order valence-electron chi connectivity index (χ1n) is 6.24. The van der Waals surface area contributed by atoms with Gasteiger partial charge in [-0.2, -0.15) is 0 Å². The van der Waals surface area contributed by atoms with Crippen molar-refractivity contribution >= 4 is 23.0 Å². The van der Waals surface area contributed by atoms with Crippen molar-refractivity contribution in [3.63, 3.8) is 0 Å². The van der Waals surface area contributed by atoms with Crippen LogP contribution in [0.2, 0.25) is 5.02 Å². The van der Waals surface area contributed by atoms with Crippen molar-refractivity contribution in [1.29, 1.82) is 0 Å². The quantitative estimate of drug-likeness (QED) is 0.495. The summed E-state index contributed by atoms with van der Waals surface area (Å²) in [6.45, 7) is 2.55. The van der Waals surface area contributed by atoms with Crippen molar-refractivity contribution in [1.82, 2.24) is 5.32 Å². The van der Waals surface area contributed by atoms with E-state index in [0.717, 1.165) is 25.9 Å². The fraction of sp³-hybridized carbons (Fsp3) is 0.385. The molecule has 1 aliphatic rings. The fourth-order valence-corrected chi connectivity index (χ4v) is 2.32. The predicted molar refractivity (Wildman–Crippen MR) is 76.8 cm³/mol. The fourth-order valence-electron chi connectivity index (χ4n) is 2.08. The van der Waals surface area contributed by atoms with Gasteiger partial charge in [0, 0.05) is 19.2 Å². The molecule has 0 saturated carbocycles. The number of para-hydroxylation sites is 1. The zero-order valence-electron chi connectivity index (χ0n) is 10.5. The molecule has 0 atom stereocenters. The monoisotopic (exact) mass is 281 g/mol. The third-order valence-corrected chi connectivity index (χ3v) is 3.41. The first kappa shape index (κ1) is 13.8. The number of hydrogen-bond donors (Lipinski definition) is 2. The molecule has 1 heterocycles. The van der Waals surface area contributed by atoms with Gasteiger partial charge >= 0.3 is 0 Å². The van der Waals surface area contributed by atoms with Crippen molar-refractivity contribution in [2.75, 3.05) is 25.0 Å². The van der Waals surface area contributed by atoms with Crippen LogP contribution in [0.4, 0.5) is 11.4 Å². The lowest BCUT2D eigenvalue weighted by molar-refractivity contribution is -0.383. The van der Waals surface area contributed by atoms with Gasteiger partial charge in [-0.15, -0.1) is 0 Å². The molecule has 1 aromatic rings. The van der Waals surface area contributed by atoms with Crippen LogP contribution in [0.1, 0.15) is 12.8 Å². The van der Waals surface area contributed by atoms with Gasteiger partial charge < -0.3 is 10.6 Å². The highest BCUT2D eigenvalue weighted by Gasteiger charge is 2.16. The molecular weight excluding hydrogens is 266 g/mol. The minimum absolute atomic E-state index is 0.0202. The maximum Gasteiger partial charge on any atom is 0.293 e. The Morgan fingerprint density at radius 2 is 2.32 bits per heavy atom. The van der Waals surface area contributed by atoms with E-state index in [-0.39, 0.29) is 5.69 Å². The molecule has 0 aromatic heterocycles. The zero-order valence-corrected chi connectivity index (χ0v) is 11.2. The third-order valence-electron chi connectivity index (χ3n) is 3.09. The normalized spacial score (nSPS) is 14.9. The molecule has 0 bridgehead atoms. The number of anilines is 1. The van der Waals surface area contributed by atoms with Gasteiger partial charge in [-0.25, -0.2) is 0 Å². The van der Waals surface area contributed by atoms with Gasteiger partial charge in [0.15, 0.2) is 0 Å². The molecule has 1 aliphatic heterocycles. The van der Waals surface area contributed by atoms with E-state index < -0.39 is 4.92 Å². The van der Waals surface area contributed by atoms with Gasteiger partial charge in [0.25, 0.3) is 5.69 Å². The molecule has 19 heavy (non-hydrogen) atoms. The van der Waals surface area contributed by atoms with Gasteiger partial charge in [-0.3, -0.25) is 10.1 Å². The Labute approximate surface area is 116 Å². The van der Waals surface area contributed by atoms with Crippen LogP contribution in [0.5, 0.6) is 0 Å².